The maximum Gasteiger partial charge on any atom is 0.269 e. The molecule has 1 aromatic rings. The molecule has 0 aliphatic heterocycles. The average Bonchev–Trinajstić information content (AvgIpc) is 2.06. The van der Waals surface area contributed by atoms with E-state index in [1.54, 1.807) is 12.1 Å². The summed E-state index contributed by atoms with van der Waals surface area (Å²) in [5.74, 6) is 0. The van der Waals surface area contributed by atoms with Gasteiger partial charge in [0.1, 0.15) is 0 Å². The van der Waals surface area contributed by atoms with Crippen LogP contribution in [-0.4, -0.2) is 11.1 Å². The molecule has 1 aromatic carbocycles. The Morgan fingerprint density at radius 2 is 2.00 bits per heavy atom. The van der Waals surface area contributed by atoms with Gasteiger partial charge >= 0.3 is 0 Å². The van der Waals surface area contributed by atoms with E-state index in [9.17, 15) is 10.1 Å². The fraction of sp³-hybridized carbons (Fsp3) is 0.250. The fourth-order valence-electron chi connectivity index (χ4n) is 0.905. The molecule has 0 aromatic heterocycles. The molecular formula is C8H10NO2P. The first-order chi connectivity index (χ1) is 5.74. The number of hydrogen-bond acceptors (Lipinski definition) is 2. The molecule has 0 saturated carbocycles. The van der Waals surface area contributed by atoms with Crippen LogP contribution in [-0.2, 0) is 0 Å². The first-order valence-electron chi connectivity index (χ1n) is 3.72. The quantitative estimate of drug-likeness (QED) is 0.408. The summed E-state index contributed by atoms with van der Waals surface area (Å²) < 4.78 is 0. The number of benzene rings is 1. The Bertz CT molecular complexity index is 271. The largest absolute Gasteiger partial charge is 0.269 e. The average molecular weight is 183 g/mol. The second-order valence-electron chi connectivity index (χ2n) is 2.33. The molecule has 0 radical (unpaired) electrons. The van der Waals surface area contributed by atoms with Gasteiger partial charge < -0.3 is 0 Å². The van der Waals surface area contributed by atoms with Gasteiger partial charge in [-0.2, -0.15) is 0 Å². The second kappa shape index (κ2) is 4.17. The van der Waals surface area contributed by atoms with Crippen LogP contribution in [0.1, 0.15) is 6.92 Å². The van der Waals surface area contributed by atoms with E-state index in [4.69, 9.17) is 0 Å². The van der Waals surface area contributed by atoms with Crippen molar-refractivity contribution in [1.82, 2.24) is 0 Å². The highest BCUT2D eigenvalue weighted by Crippen LogP contribution is 2.13. The van der Waals surface area contributed by atoms with E-state index in [1.807, 2.05) is 12.1 Å². The summed E-state index contributed by atoms with van der Waals surface area (Å²) in [7, 11) is 0.754. The van der Waals surface area contributed by atoms with Gasteiger partial charge in [-0.25, -0.2) is 0 Å². The molecule has 0 bridgehead atoms. The number of rotatable bonds is 3. The van der Waals surface area contributed by atoms with Crippen molar-refractivity contribution in [2.45, 2.75) is 6.92 Å². The lowest BCUT2D eigenvalue weighted by molar-refractivity contribution is -0.384. The van der Waals surface area contributed by atoms with E-state index in [-0.39, 0.29) is 10.6 Å². The molecule has 0 spiro atoms. The number of nitrogens with zero attached hydrogens (tertiary/aromatic N) is 1. The van der Waals surface area contributed by atoms with E-state index in [1.165, 1.54) is 5.30 Å². The number of hydrogen-bond donors (Lipinski definition) is 0. The zero-order valence-electron chi connectivity index (χ0n) is 6.78. The monoisotopic (exact) mass is 183 g/mol. The molecule has 1 atom stereocenters. The molecule has 1 unspecified atom stereocenters. The van der Waals surface area contributed by atoms with Crippen molar-refractivity contribution in [1.29, 1.82) is 0 Å². The second-order valence-corrected chi connectivity index (χ2v) is 3.97. The molecule has 0 N–H and O–H groups in total. The summed E-state index contributed by atoms with van der Waals surface area (Å²) in [6.07, 6.45) is 1.10. The minimum absolute atomic E-state index is 0.166. The van der Waals surface area contributed by atoms with E-state index >= 15 is 0 Å². The molecule has 0 saturated heterocycles. The molecule has 0 amide bonds. The van der Waals surface area contributed by atoms with Crippen LogP contribution in [0.15, 0.2) is 24.3 Å². The molecule has 0 aliphatic carbocycles. The molecular weight excluding hydrogens is 173 g/mol. The van der Waals surface area contributed by atoms with Crippen molar-refractivity contribution < 1.29 is 4.92 Å². The summed E-state index contributed by atoms with van der Waals surface area (Å²) in [6.45, 7) is 2.10. The van der Waals surface area contributed by atoms with Gasteiger partial charge in [-0.3, -0.25) is 10.1 Å². The Morgan fingerprint density at radius 3 is 2.42 bits per heavy atom. The highest BCUT2D eigenvalue weighted by Gasteiger charge is 2.02. The third-order valence-electron chi connectivity index (χ3n) is 1.46. The van der Waals surface area contributed by atoms with E-state index in [2.05, 4.69) is 6.92 Å². The lowest BCUT2D eigenvalue weighted by Gasteiger charge is -1.96. The van der Waals surface area contributed by atoms with Crippen LogP contribution in [0.25, 0.3) is 0 Å². The van der Waals surface area contributed by atoms with E-state index in [0.29, 0.717) is 0 Å². The van der Waals surface area contributed by atoms with Crippen molar-refractivity contribution >= 4 is 19.6 Å². The lowest BCUT2D eigenvalue weighted by atomic mass is 10.3. The van der Waals surface area contributed by atoms with Crippen LogP contribution in [0.3, 0.4) is 0 Å². The van der Waals surface area contributed by atoms with Crippen molar-refractivity contribution in [3.63, 3.8) is 0 Å². The van der Waals surface area contributed by atoms with Gasteiger partial charge in [0.15, 0.2) is 0 Å². The van der Waals surface area contributed by atoms with Gasteiger partial charge in [-0.1, -0.05) is 15.5 Å². The highest BCUT2D eigenvalue weighted by atomic mass is 31.1. The Morgan fingerprint density at radius 1 is 1.42 bits per heavy atom. The summed E-state index contributed by atoms with van der Waals surface area (Å²) in [5.41, 5.74) is 0.166. The Balaban J connectivity index is 2.78. The normalized spacial score (nSPS) is 10.8. The van der Waals surface area contributed by atoms with Crippen LogP contribution in [0.2, 0.25) is 0 Å². The third kappa shape index (κ3) is 2.28. The molecule has 0 heterocycles. The zero-order valence-corrected chi connectivity index (χ0v) is 7.78. The van der Waals surface area contributed by atoms with Crippen LogP contribution in [0, 0.1) is 10.1 Å². The zero-order chi connectivity index (χ0) is 8.97. The maximum atomic E-state index is 10.3. The maximum absolute atomic E-state index is 10.3. The topological polar surface area (TPSA) is 43.1 Å². The number of non-ortho nitro benzene ring substituents is 1. The minimum atomic E-state index is -0.376. The SMILES string of the molecule is CCPc1ccc([N+](=O)[O-])cc1. The van der Waals surface area contributed by atoms with Gasteiger partial charge in [0, 0.05) is 12.1 Å². The smallest absolute Gasteiger partial charge is 0.258 e. The summed E-state index contributed by atoms with van der Waals surface area (Å²) in [5, 5.41) is 11.5. The Kier molecular flexibility index (Phi) is 3.18. The van der Waals surface area contributed by atoms with E-state index in [0.717, 1.165) is 14.7 Å². The molecule has 3 nitrogen and oxygen atoms in total. The lowest BCUT2D eigenvalue weighted by Crippen LogP contribution is -1.95. The predicted molar refractivity (Wildman–Crippen MR) is 51.6 cm³/mol. The summed E-state index contributed by atoms with van der Waals surface area (Å²) >= 11 is 0. The molecule has 64 valence electrons. The molecule has 0 fully saturated rings. The van der Waals surface area contributed by atoms with E-state index < -0.39 is 0 Å². The predicted octanol–water partition coefficient (Wildman–Crippen LogP) is 1.92. The van der Waals surface area contributed by atoms with Crippen LogP contribution in [0.4, 0.5) is 5.69 Å². The van der Waals surface area contributed by atoms with Crippen molar-refractivity contribution in [3.8, 4) is 0 Å². The highest BCUT2D eigenvalue weighted by molar-refractivity contribution is 7.47. The van der Waals surface area contributed by atoms with Crippen molar-refractivity contribution in [2.75, 3.05) is 6.16 Å². The van der Waals surface area contributed by atoms with Gasteiger partial charge in [-0.15, -0.1) is 0 Å². The first-order valence-corrected chi connectivity index (χ1v) is 4.93. The minimum Gasteiger partial charge on any atom is -0.258 e. The molecule has 12 heavy (non-hydrogen) atoms. The van der Waals surface area contributed by atoms with Crippen molar-refractivity contribution in [3.05, 3.63) is 34.4 Å². The van der Waals surface area contributed by atoms with Gasteiger partial charge in [-0.05, 0) is 23.6 Å². The molecule has 1 rings (SSSR count). The Hall–Kier alpha value is -0.950. The van der Waals surface area contributed by atoms with Crippen LogP contribution < -0.4 is 5.30 Å². The number of nitro groups is 1. The molecule has 4 heteroatoms. The van der Waals surface area contributed by atoms with Gasteiger partial charge in [0.05, 0.1) is 4.92 Å². The standard InChI is InChI=1S/C8H10NO2P/c1-2-12-8-5-3-7(4-6-8)9(10)11/h3-6,12H,2H2,1H3. The fourth-order valence-corrected chi connectivity index (χ4v) is 1.72. The molecule has 0 aliphatic rings. The van der Waals surface area contributed by atoms with Gasteiger partial charge in [0.25, 0.3) is 5.69 Å². The Labute approximate surface area is 72.7 Å². The third-order valence-corrected chi connectivity index (χ3v) is 2.55. The van der Waals surface area contributed by atoms with Crippen molar-refractivity contribution in [2.24, 2.45) is 0 Å². The van der Waals surface area contributed by atoms with Crippen LogP contribution >= 0.6 is 8.58 Å². The van der Waals surface area contributed by atoms with Gasteiger partial charge in [0.2, 0.25) is 0 Å². The number of nitro benzene ring substituents is 1. The first kappa shape index (κ1) is 9.14. The summed E-state index contributed by atoms with van der Waals surface area (Å²) in [4.78, 5) is 9.90. The van der Waals surface area contributed by atoms with Crippen LogP contribution in [0.5, 0.6) is 0 Å². The summed E-state index contributed by atoms with van der Waals surface area (Å²) in [6, 6.07) is 6.75.